The van der Waals surface area contributed by atoms with E-state index in [1.165, 1.54) is 19.2 Å². The van der Waals surface area contributed by atoms with E-state index in [2.05, 4.69) is 10.1 Å². The molecule has 26 heavy (non-hydrogen) atoms. The summed E-state index contributed by atoms with van der Waals surface area (Å²) >= 11 is 0. The van der Waals surface area contributed by atoms with Crippen LogP contribution in [0, 0.1) is 0 Å². The molecule has 0 saturated carbocycles. The lowest BCUT2D eigenvalue weighted by Gasteiger charge is -2.09. The highest BCUT2D eigenvalue weighted by Gasteiger charge is 2.10. The summed E-state index contributed by atoms with van der Waals surface area (Å²) < 4.78 is 33.0. The number of sulfone groups is 1. The van der Waals surface area contributed by atoms with Crippen molar-refractivity contribution in [3.05, 3.63) is 54.1 Å². The first-order valence-electron chi connectivity index (χ1n) is 7.66. The third-order valence-corrected chi connectivity index (χ3v) is 4.53. The Labute approximate surface area is 151 Å². The van der Waals surface area contributed by atoms with E-state index in [4.69, 9.17) is 4.74 Å². The molecule has 0 aromatic heterocycles. The Morgan fingerprint density at radius 3 is 2.38 bits per heavy atom. The van der Waals surface area contributed by atoms with Crippen LogP contribution in [0.1, 0.15) is 5.56 Å². The molecule has 2 aromatic carbocycles. The van der Waals surface area contributed by atoms with Crippen LogP contribution in [-0.4, -0.2) is 40.3 Å². The first kappa shape index (κ1) is 19.5. The van der Waals surface area contributed by atoms with Crippen LogP contribution < -0.4 is 10.1 Å². The highest BCUT2D eigenvalue weighted by Crippen LogP contribution is 2.16. The third-order valence-electron chi connectivity index (χ3n) is 3.42. The fourth-order valence-electron chi connectivity index (χ4n) is 2.09. The number of carbonyl (C=O) groups excluding carboxylic acids is 2. The molecule has 0 aliphatic carbocycles. The van der Waals surface area contributed by atoms with Crippen LogP contribution in [0.15, 0.2) is 53.4 Å². The summed E-state index contributed by atoms with van der Waals surface area (Å²) in [6.45, 7) is -0.237. The summed E-state index contributed by atoms with van der Waals surface area (Å²) in [6.07, 6.45) is 1.26. The monoisotopic (exact) mass is 377 g/mol. The van der Waals surface area contributed by atoms with Gasteiger partial charge in [-0.15, -0.1) is 0 Å². The lowest BCUT2D eigenvalue weighted by Crippen LogP contribution is -2.20. The van der Waals surface area contributed by atoms with E-state index in [0.717, 1.165) is 11.8 Å². The van der Waals surface area contributed by atoms with Crippen LogP contribution in [0.25, 0.3) is 0 Å². The number of amides is 1. The van der Waals surface area contributed by atoms with Crippen molar-refractivity contribution in [3.63, 3.8) is 0 Å². The number of anilines is 1. The van der Waals surface area contributed by atoms with Gasteiger partial charge in [0.25, 0.3) is 5.91 Å². The molecule has 0 saturated heterocycles. The minimum Gasteiger partial charge on any atom is -0.484 e. The molecule has 2 aromatic rings. The highest BCUT2D eigenvalue weighted by molar-refractivity contribution is 7.90. The van der Waals surface area contributed by atoms with Gasteiger partial charge in [0.1, 0.15) is 5.75 Å². The number of hydrogen-bond acceptors (Lipinski definition) is 6. The van der Waals surface area contributed by atoms with Crippen LogP contribution in [0.3, 0.4) is 0 Å². The lowest BCUT2D eigenvalue weighted by atomic mass is 10.1. The quantitative estimate of drug-likeness (QED) is 0.739. The topological polar surface area (TPSA) is 98.8 Å². The summed E-state index contributed by atoms with van der Waals surface area (Å²) in [5, 5.41) is 2.58. The van der Waals surface area contributed by atoms with Crippen molar-refractivity contribution in [3.8, 4) is 5.75 Å². The molecule has 1 N–H and O–H groups in total. The minimum atomic E-state index is -3.35. The second-order valence-electron chi connectivity index (χ2n) is 5.53. The van der Waals surface area contributed by atoms with E-state index >= 15 is 0 Å². The van der Waals surface area contributed by atoms with Gasteiger partial charge in [-0.2, -0.15) is 0 Å². The number of rotatable bonds is 7. The number of methoxy groups -OCH3 is 1. The molecule has 8 heteroatoms. The Morgan fingerprint density at radius 1 is 1.08 bits per heavy atom. The van der Waals surface area contributed by atoms with Gasteiger partial charge in [0.2, 0.25) is 0 Å². The third kappa shape index (κ3) is 5.89. The van der Waals surface area contributed by atoms with E-state index in [9.17, 15) is 18.0 Å². The van der Waals surface area contributed by atoms with Gasteiger partial charge < -0.3 is 14.8 Å². The summed E-state index contributed by atoms with van der Waals surface area (Å²) in [6, 6.07) is 12.7. The molecule has 1 amide bonds. The molecule has 7 nitrogen and oxygen atoms in total. The second-order valence-corrected chi connectivity index (χ2v) is 7.55. The van der Waals surface area contributed by atoms with Crippen LogP contribution in [0.5, 0.6) is 5.75 Å². The van der Waals surface area contributed by atoms with Crippen molar-refractivity contribution < 1.29 is 27.5 Å². The maximum Gasteiger partial charge on any atom is 0.309 e. The fraction of sp³-hybridized carbons (Fsp3) is 0.222. The molecule has 0 unspecified atom stereocenters. The number of benzene rings is 2. The van der Waals surface area contributed by atoms with Gasteiger partial charge >= 0.3 is 5.97 Å². The molecule has 0 heterocycles. The Balaban J connectivity index is 1.90. The van der Waals surface area contributed by atoms with Crippen molar-refractivity contribution in [2.75, 3.05) is 25.3 Å². The first-order valence-corrected chi connectivity index (χ1v) is 9.55. The molecule has 0 atom stereocenters. The van der Waals surface area contributed by atoms with Crippen LogP contribution in [-0.2, 0) is 30.6 Å². The molecule has 0 aliphatic rings. The first-order chi connectivity index (χ1) is 12.3. The summed E-state index contributed by atoms with van der Waals surface area (Å²) in [7, 11) is -2.02. The Bertz CT molecular complexity index is 890. The SMILES string of the molecule is COC(=O)Cc1ccc(OCC(=O)Nc2cccc(S(C)(=O)=O)c2)cc1. The summed E-state index contributed by atoms with van der Waals surface area (Å²) in [4.78, 5) is 23.3. The van der Waals surface area contributed by atoms with Gasteiger partial charge in [-0.3, -0.25) is 9.59 Å². The molecule has 0 radical (unpaired) electrons. The van der Waals surface area contributed by atoms with Crippen LogP contribution >= 0.6 is 0 Å². The van der Waals surface area contributed by atoms with Gasteiger partial charge in [-0.05, 0) is 35.9 Å². The van der Waals surface area contributed by atoms with Gasteiger partial charge in [0, 0.05) is 11.9 Å². The van der Waals surface area contributed by atoms with E-state index in [0.29, 0.717) is 11.4 Å². The zero-order chi connectivity index (χ0) is 19.2. The Hall–Kier alpha value is -2.87. The number of carbonyl (C=O) groups is 2. The van der Waals surface area contributed by atoms with Gasteiger partial charge in [0.15, 0.2) is 16.4 Å². The van der Waals surface area contributed by atoms with Crippen molar-refractivity contribution in [1.29, 1.82) is 0 Å². The summed E-state index contributed by atoms with van der Waals surface area (Å²) in [5.74, 6) is -0.290. The van der Waals surface area contributed by atoms with Crippen molar-refractivity contribution in [2.24, 2.45) is 0 Å². The maximum atomic E-state index is 12.0. The average Bonchev–Trinajstić information content (AvgIpc) is 2.60. The number of esters is 1. The van der Waals surface area contributed by atoms with E-state index in [-0.39, 0.29) is 23.9 Å². The largest absolute Gasteiger partial charge is 0.484 e. The molecule has 138 valence electrons. The fourth-order valence-corrected chi connectivity index (χ4v) is 2.76. The van der Waals surface area contributed by atoms with E-state index in [1.54, 1.807) is 36.4 Å². The van der Waals surface area contributed by atoms with Gasteiger partial charge in [0.05, 0.1) is 18.4 Å². The molecular formula is C18H19NO6S. The molecule has 0 bridgehead atoms. The van der Waals surface area contributed by atoms with Crippen molar-refractivity contribution in [1.82, 2.24) is 0 Å². The van der Waals surface area contributed by atoms with E-state index in [1.807, 2.05) is 0 Å². The number of nitrogens with one attached hydrogen (secondary N) is 1. The van der Waals surface area contributed by atoms with Crippen molar-refractivity contribution >= 4 is 27.4 Å². The standard InChI is InChI=1S/C18H19NO6S/c1-24-18(21)10-13-6-8-15(9-7-13)25-12-17(20)19-14-4-3-5-16(11-14)26(2,22)23/h3-9,11H,10,12H2,1-2H3,(H,19,20). The van der Waals surface area contributed by atoms with Gasteiger partial charge in [-0.1, -0.05) is 18.2 Å². The predicted octanol–water partition coefficient (Wildman–Crippen LogP) is 1.82. The number of hydrogen-bond donors (Lipinski definition) is 1. The second kappa shape index (κ2) is 8.48. The summed E-state index contributed by atoms with van der Waals surface area (Å²) in [5.41, 5.74) is 1.14. The minimum absolute atomic E-state index is 0.123. The van der Waals surface area contributed by atoms with Crippen LogP contribution in [0.4, 0.5) is 5.69 Å². The average molecular weight is 377 g/mol. The molecule has 0 aliphatic heterocycles. The van der Waals surface area contributed by atoms with E-state index < -0.39 is 15.7 Å². The molecule has 2 rings (SSSR count). The molecule has 0 fully saturated rings. The smallest absolute Gasteiger partial charge is 0.309 e. The maximum absolute atomic E-state index is 12.0. The Morgan fingerprint density at radius 2 is 1.77 bits per heavy atom. The zero-order valence-electron chi connectivity index (χ0n) is 14.4. The zero-order valence-corrected chi connectivity index (χ0v) is 15.2. The predicted molar refractivity (Wildman–Crippen MR) is 95.8 cm³/mol. The molecule has 0 spiro atoms. The number of ether oxygens (including phenoxy) is 2. The van der Waals surface area contributed by atoms with Crippen LogP contribution in [0.2, 0.25) is 0 Å². The van der Waals surface area contributed by atoms with Gasteiger partial charge in [-0.25, -0.2) is 8.42 Å². The molecular weight excluding hydrogens is 358 g/mol. The lowest BCUT2D eigenvalue weighted by molar-refractivity contribution is -0.139. The highest BCUT2D eigenvalue weighted by atomic mass is 32.2. The van der Waals surface area contributed by atoms with Crippen molar-refractivity contribution in [2.45, 2.75) is 11.3 Å². The Kier molecular flexibility index (Phi) is 6.35. The normalized spacial score (nSPS) is 10.8.